The number of halogens is 1. The van der Waals surface area contributed by atoms with Crippen LogP contribution in [0.5, 0.6) is 0 Å². The number of nitrogens with zero attached hydrogens (tertiary/aromatic N) is 3. The van der Waals surface area contributed by atoms with E-state index in [1.165, 1.54) is 38.3 Å². The molecular weight excluding hydrogens is 299 g/mol. The van der Waals surface area contributed by atoms with E-state index in [1.807, 2.05) is 5.38 Å². The number of thiazole rings is 1. The number of piperazine rings is 3. The first-order chi connectivity index (χ1) is 10.8. The Bertz CT molecular complexity index is 634. The molecule has 22 heavy (non-hydrogen) atoms. The van der Waals surface area contributed by atoms with Gasteiger partial charge in [-0.15, -0.1) is 11.3 Å². The molecule has 1 aromatic carbocycles. The highest BCUT2D eigenvalue weighted by atomic mass is 32.1. The number of fused-ring (bicyclic) bond motifs is 3. The van der Waals surface area contributed by atoms with Crippen LogP contribution in [-0.2, 0) is 0 Å². The van der Waals surface area contributed by atoms with Crippen LogP contribution in [0.15, 0.2) is 29.6 Å². The summed E-state index contributed by atoms with van der Waals surface area (Å²) in [7, 11) is 0. The molecule has 0 saturated carbocycles. The van der Waals surface area contributed by atoms with E-state index in [4.69, 9.17) is 0 Å². The molecule has 2 aromatic rings. The van der Waals surface area contributed by atoms with E-state index >= 15 is 0 Å². The van der Waals surface area contributed by atoms with Crippen molar-refractivity contribution >= 4 is 16.5 Å². The van der Waals surface area contributed by atoms with E-state index in [1.54, 1.807) is 23.5 Å². The molecule has 0 spiro atoms. The van der Waals surface area contributed by atoms with Crippen LogP contribution in [0.2, 0.25) is 0 Å². The molecule has 1 unspecified atom stereocenters. The van der Waals surface area contributed by atoms with Crippen LogP contribution in [0, 0.1) is 5.82 Å². The Balaban J connectivity index is 1.39. The molecule has 2 bridgehead atoms. The lowest BCUT2D eigenvalue weighted by atomic mass is 10.1. The van der Waals surface area contributed by atoms with Gasteiger partial charge in [0, 0.05) is 56.3 Å². The minimum absolute atomic E-state index is 0.214. The summed E-state index contributed by atoms with van der Waals surface area (Å²) < 4.78 is 13.0. The first kappa shape index (κ1) is 14.1. The van der Waals surface area contributed by atoms with Crippen molar-refractivity contribution in [2.75, 3.05) is 44.6 Å². The minimum atomic E-state index is -0.214. The molecular formula is C16H19FN4S. The fourth-order valence-electron chi connectivity index (χ4n) is 3.23. The van der Waals surface area contributed by atoms with Crippen molar-refractivity contribution in [1.82, 2.24) is 14.8 Å². The second kappa shape index (κ2) is 5.95. The molecule has 0 amide bonds. The first-order valence-electron chi connectivity index (χ1n) is 7.70. The van der Waals surface area contributed by atoms with Gasteiger partial charge in [-0.05, 0) is 24.3 Å². The Morgan fingerprint density at radius 2 is 1.95 bits per heavy atom. The maximum Gasteiger partial charge on any atom is 0.183 e. The summed E-state index contributed by atoms with van der Waals surface area (Å²) in [6.45, 7) is 6.89. The molecule has 4 heterocycles. The summed E-state index contributed by atoms with van der Waals surface area (Å²) in [5.41, 5.74) is 1.86. The zero-order chi connectivity index (χ0) is 14.9. The average Bonchev–Trinajstić information content (AvgIpc) is 3.04. The standard InChI is InChI=1S/C16H19FN4S/c17-13-3-1-12(2-4-13)15-11-22-16(19-15)18-9-14-10-20-5-7-21(14)8-6-20/h1-4,11,14H,5-10H2,(H,18,19). The Kier molecular flexibility index (Phi) is 3.82. The summed E-state index contributed by atoms with van der Waals surface area (Å²) >= 11 is 1.61. The summed E-state index contributed by atoms with van der Waals surface area (Å²) in [6, 6.07) is 7.08. The molecule has 5 rings (SSSR count). The molecule has 3 aliphatic heterocycles. The first-order valence-corrected chi connectivity index (χ1v) is 8.58. The van der Waals surface area contributed by atoms with Crippen LogP contribution in [0.25, 0.3) is 11.3 Å². The Morgan fingerprint density at radius 3 is 2.64 bits per heavy atom. The van der Waals surface area contributed by atoms with E-state index in [-0.39, 0.29) is 5.82 Å². The van der Waals surface area contributed by atoms with Gasteiger partial charge in [-0.1, -0.05) is 0 Å². The molecule has 1 N–H and O–H groups in total. The molecule has 3 fully saturated rings. The van der Waals surface area contributed by atoms with Crippen LogP contribution in [0.3, 0.4) is 0 Å². The lowest BCUT2D eigenvalue weighted by Crippen LogP contribution is -2.62. The van der Waals surface area contributed by atoms with Crippen molar-refractivity contribution in [3.8, 4) is 11.3 Å². The third-order valence-electron chi connectivity index (χ3n) is 4.53. The van der Waals surface area contributed by atoms with Gasteiger partial charge in [0.2, 0.25) is 0 Å². The fraction of sp³-hybridized carbons (Fsp3) is 0.438. The maximum atomic E-state index is 13.0. The molecule has 1 aromatic heterocycles. The highest BCUT2D eigenvalue weighted by Gasteiger charge is 2.31. The van der Waals surface area contributed by atoms with E-state index in [2.05, 4.69) is 20.1 Å². The number of nitrogens with one attached hydrogen (secondary N) is 1. The van der Waals surface area contributed by atoms with E-state index in [0.717, 1.165) is 29.5 Å². The number of benzene rings is 1. The minimum Gasteiger partial charge on any atom is -0.360 e. The predicted molar refractivity (Wildman–Crippen MR) is 87.8 cm³/mol. The van der Waals surface area contributed by atoms with Crippen molar-refractivity contribution in [3.63, 3.8) is 0 Å². The molecule has 116 valence electrons. The molecule has 3 saturated heterocycles. The molecule has 4 nitrogen and oxygen atoms in total. The van der Waals surface area contributed by atoms with Crippen molar-refractivity contribution < 1.29 is 4.39 Å². The quantitative estimate of drug-likeness (QED) is 0.938. The van der Waals surface area contributed by atoms with Gasteiger partial charge in [0.05, 0.1) is 5.69 Å². The van der Waals surface area contributed by atoms with Gasteiger partial charge in [0.25, 0.3) is 0 Å². The van der Waals surface area contributed by atoms with Crippen LogP contribution in [0.1, 0.15) is 0 Å². The van der Waals surface area contributed by atoms with E-state index in [9.17, 15) is 4.39 Å². The largest absolute Gasteiger partial charge is 0.360 e. The summed E-state index contributed by atoms with van der Waals surface area (Å²) in [4.78, 5) is 9.72. The van der Waals surface area contributed by atoms with Crippen LogP contribution in [-0.4, -0.2) is 60.1 Å². The van der Waals surface area contributed by atoms with Crippen LogP contribution >= 0.6 is 11.3 Å². The van der Waals surface area contributed by atoms with Gasteiger partial charge in [0.1, 0.15) is 5.82 Å². The molecule has 3 aliphatic rings. The van der Waals surface area contributed by atoms with Gasteiger partial charge >= 0.3 is 0 Å². The SMILES string of the molecule is Fc1ccc(-c2csc(NCC3CN4CCN3CC4)n2)cc1. The number of hydrogen-bond acceptors (Lipinski definition) is 5. The van der Waals surface area contributed by atoms with Crippen molar-refractivity contribution in [3.05, 3.63) is 35.5 Å². The van der Waals surface area contributed by atoms with Crippen molar-refractivity contribution in [2.45, 2.75) is 6.04 Å². The Morgan fingerprint density at radius 1 is 1.18 bits per heavy atom. The smallest absolute Gasteiger partial charge is 0.183 e. The predicted octanol–water partition coefficient (Wildman–Crippen LogP) is 2.36. The summed E-state index contributed by atoms with van der Waals surface area (Å²) in [5.74, 6) is -0.214. The van der Waals surface area contributed by atoms with Gasteiger partial charge in [-0.3, -0.25) is 9.80 Å². The monoisotopic (exact) mass is 318 g/mol. The summed E-state index contributed by atoms with van der Waals surface area (Å²) in [5, 5.41) is 6.43. The number of rotatable bonds is 4. The lowest BCUT2D eigenvalue weighted by Gasteiger charge is -2.47. The van der Waals surface area contributed by atoms with Crippen molar-refractivity contribution in [2.24, 2.45) is 0 Å². The third kappa shape index (κ3) is 2.86. The fourth-order valence-corrected chi connectivity index (χ4v) is 3.96. The third-order valence-corrected chi connectivity index (χ3v) is 5.33. The Hall–Kier alpha value is -1.50. The number of hydrogen-bond donors (Lipinski definition) is 1. The lowest BCUT2D eigenvalue weighted by molar-refractivity contribution is 0.0189. The molecule has 0 radical (unpaired) electrons. The molecule has 0 aliphatic carbocycles. The maximum absolute atomic E-state index is 13.0. The van der Waals surface area contributed by atoms with Crippen LogP contribution < -0.4 is 5.32 Å². The highest BCUT2D eigenvalue weighted by Crippen LogP contribution is 2.25. The average molecular weight is 318 g/mol. The van der Waals surface area contributed by atoms with E-state index in [0.29, 0.717) is 6.04 Å². The summed E-state index contributed by atoms with van der Waals surface area (Å²) in [6.07, 6.45) is 0. The van der Waals surface area contributed by atoms with Crippen molar-refractivity contribution in [1.29, 1.82) is 0 Å². The highest BCUT2D eigenvalue weighted by molar-refractivity contribution is 7.14. The van der Waals surface area contributed by atoms with Gasteiger partial charge in [0.15, 0.2) is 5.13 Å². The van der Waals surface area contributed by atoms with Gasteiger partial charge < -0.3 is 5.32 Å². The van der Waals surface area contributed by atoms with E-state index < -0.39 is 0 Å². The number of aromatic nitrogens is 1. The van der Waals surface area contributed by atoms with Gasteiger partial charge in [-0.25, -0.2) is 9.37 Å². The van der Waals surface area contributed by atoms with Gasteiger partial charge in [-0.2, -0.15) is 0 Å². The number of anilines is 1. The molecule has 1 atom stereocenters. The Labute approximate surface area is 133 Å². The second-order valence-electron chi connectivity index (χ2n) is 5.92. The topological polar surface area (TPSA) is 31.4 Å². The molecule has 6 heteroatoms. The zero-order valence-electron chi connectivity index (χ0n) is 12.3. The zero-order valence-corrected chi connectivity index (χ0v) is 13.2. The van der Waals surface area contributed by atoms with Crippen LogP contribution in [0.4, 0.5) is 9.52 Å². The normalized spacial score (nSPS) is 27.0. The second-order valence-corrected chi connectivity index (χ2v) is 6.77.